The zero-order chi connectivity index (χ0) is 21.6. The molecule has 1 aliphatic carbocycles. The number of benzene rings is 1. The van der Waals surface area contributed by atoms with Gasteiger partial charge in [-0.1, -0.05) is 12.1 Å². The lowest BCUT2D eigenvalue weighted by molar-refractivity contribution is 0.140. The lowest BCUT2D eigenvalue weighted by atomic mass is 9.96. The number of hydrogen-bond donors (Lipinski definition) is 3. The largest absolute Gasteiger partial charge is 0.449 e. The van der Waals surface area contributed by atoms with E-state index in [2.05, 4.69) is 25.9 Å². The minimum absolute atomic E-state index is 0. The number of amides is 3. The van der Waals surface area contributed by atoms with E-state index in [0.717, 1.165) is 40.3 Å². The van der Waals surface area contributed by atoms with E-state index in [1.807, 2.05) is 37.3 Å². The summed E-state index contributed by atoms with van der Waals surface area (Å²) in [6, 6.07) is 9.36. The summed E-state index contributed by atoms with van der Waals surface area (Å²) < 4.78 is 5.25. The van der Waals surface area contributed by atoms with Crippen LogP contribution in [0.15, 0.2) is 48.9 Å². The number of ether oxygens (including phenoxy) is 1. The van der Waals surface area contributed by atoms with Crippen molar-refractivity contribution < 1.29 is 14.3 Å². The van der Waals surface area contributed by atoms with E-state index in [9.17, 15) is 9.59 Å². The average molecular weight is 456 g/mol. The molecule has 0 atom stereocenters. The predicted octanol–water partition coefficient (Wildman–Crippen LogP) is 4.50. The fourth-order valence-electron chi connectivity index (χ4n) is 3.32. The minimum Gasteiger partial charge on any atom is -0.449 e. The molecule has 3 aromatic rings. The third-order valence-corrected chi connectivity index (χ3v) is 5.13. The van der Waals surface area contributed by atoms with Gasteiger partial charge in [0, 0.05) is 37.1 Å². The third kappa shape index (κ3) is 5.85. The number of carbonyl (C=O) groups excluding carboxylic acids is 2. The summed E-state index contributed by atoms with van der Waals surface area (Å²) in [5.74, 6) is 0.967. The highest BCUT2D eigenvalue weighted by molar-refractivity contribution is 6.00. The quantitative estimate of drug-likeness (QED) is 0.486. The Balaban J connectivity index is 0.00000289. The molecule has 32 heavy (non-hydrogen) atoms. The van der Waals surface area contributed by atoms with Crippen molar-refractivity contribution in [2.45, 2.75) is 26.3 Å². The number of urea groups is 1. The van der Waals surface area contributed by atoms with Crippen LogP contribution in [0, 0.1) is 5.92 Å². The Hall–Kier alpha value is -3.39. The first-order valence-corrected chi connectivity index (χ1v) is 10.4. The maximum atomic E-state index is 12.0. The van der Waals surface area contributed by atoms with Gasteiger partial charge < -0.3 is 15.4 Å². The Bertz CT molecular complexity index is 1090. The van der Waals surface area contributed by atoms with Crippen LogP contribution in [0.2, 0.25) is 0 Å². The molecule has 0 saturated heterocycles. The molecular formula is C23H26ClN5O3. The summed E-state index contributed by atoms with van der Waals surface area (Å²) in [7, 11) is 0. The number of rotatable bonds is 7. The van der Waals surface area contributed by atoms with E-state index in [4.69, 9.17) is 4.74 Å². The van der Waals surface area contributed by atoms with Gasteiger partial charge in [-0.25, -0.2) is 14.6 Å². The number of nitrogens with one attached hydrogen (secondary N) is 3. The van der Waals surface area contributed by atoms with Crippen LogP contribution in [0.25, 0.3) is 21.9 Å². The molecule has 168 valence electrons. The Morgan fingerprint density at radius 3 is 2.59 bits per heavy atom. The Morgan fingerprint density at radius 1 is 1.09 bits per heavy atom. The molecule has 0 aliphatic heterocycles. The first kappa shape index (κ1) is 23.3. The second kappa shape index (κ2) is 10.8. The van der Waals surface area contributed by atoms with Crippen LogP contribution in [-0.2, 0) is 11.3 Å². The Labute approximate surface area is 192 Å². The van der Waals surface area contributed by atoms with Gasteiger partial charge in [-0.15, -0.1) is 12.4 Å². The Morgan fingerprint density at radius 2 is 1.88 bits per heavy atom. The van der Waals surface area contributed by atoms with Crippen LogP contribution in [0.3, 0.4) is 0 Å². The molecule has 0 radical (unpaired) electrons. The highest BCUT2D eigenvalue weighted by Crippen LogP contribution is 2.32. The van der Waals surface area contributed by atoms with Gasteiger partial charge in [0.05, 0.1) is 6.61 Å². The van der Waals surface area contributed by atoms with Crippen LogP contribution < -0.4 is 16.0 Å². The number of alkyl carbamates (subject to hydrolysis) is 1. The molecule has 1 aliphatic rings. The number of halogens is 1. The molecule has 4 rings (SSSR count). The van der Waals surface area contributed by atoms with Crippen molar-refractivity contribution in [3.8, 4) is 11.1 Å². The van der Waals surface area contributed by atoms with E-state index in [-0.39, 0.29) is 18.4 Å². The molecular weight excluding hydrogens is 430 g/mol. The van der Waals surface area contributed by atoms with E-state index in [1.54, 1.807) is 18.6 Å². The van der Waals surface area contributed by atoms with Gasteiger partial charge in [0.1, 0.15) is 5.82 Å². The topological polar surface area (TPSA) is 105 Å². The van der Waals surface area contributed by atoms with Gasteiger partial charge in [-0.2, -0.15) is 0 Å². The highest BCUT2D eigenvalue weighted by Gasteiger charge is 2.23. The maximum Gasteiger partial charge on any atom is 0.407 e. The molecule has 0 spiro atoms. The van der Waals surface area contributed by atoms with Gasteiger partial charge in [-0.3, -0.25) is 10.3 Å². The van der Waals surface area contributed by atoms with Crippen molar-refractivity contribution in [3.05, 3.63) is 54.5 Å². The van der Waals surface area contributed by atoms with Crippen LogP contribution in [0.1, 0.15) is 25.3 Å². The van der Waals surface area contributed by atoms with Gasteiger partial charge >= 0.3 is 12.1 Å². The lowest BCUT2D eigenvalue weighted by Gasteiger charge is -2.14. The van der Waals surface area contributed by atoms with Crippen LogP contribution in [-0.4, -0.2) is 35.2 Å². The fraction of sp³-hybridized carbons (Fsp3) is 0.304. The number of fused-ring (bicyclic) bond motifs is 1. The van der Waals surface area contributed by atoms with Crippen molar-refractivity contribution in [1.82, 2.24) is 20.6 Å². The van der Waals surface area contributed by atoms with Crippen molar-refractivity contribution >= 4 is 41.1 Å². The van der Waals surface area contributed by atoms with E-state index >= 15 is 0 Å². The van der Waals surface area contributed by atoms with Crippen molar-refractivity contribution in [1.29, 1.82) is 0 Å². The highest BCUT2D eigenvalue weighted by atomic mass is 35.5. The average Bonchev–Trinajstić information content (AvgIpc) is 3.61. The molecule has 3 amide bonds. The fourth-order valence-corrected chi connectivity index (χ4v) is 3.32. The van der Waals surface area contributed by atoms with Crippen molar-refractivity contribution in [3.63, 3.8) is 0 Å². The van der Waals surface area contributed by atoms with Gasteiger partial charge in [0.15, 0.2) is 0 Å². The zero-order valence-corrected chi connectivity index (χ0v) is 18.6. The first-order chi connectivity index (χ1) is 15.1. The van der Waals surface area contributed by atoms with Crippen LogP contribution in [0.5, 0.6) is 0 Å². The maximum absolute atomic E-state index is 12.0. The summed E-state index contributed by atoms with van der Waals surface area (Å²) in [4.78, 5) is 32.4. The molecule has 0 unspecified atom stereocenters. The summed E-state index contributed by atoms with van der Waals surface area (Å²) in [5, 5.41) is 10.1. The number of anilines is 1. The molecule has 2 heterocycles. The van der Waals surface area contributed by atoms with Crippen LogP contribution >= 0.6 is 12.4 Å². The number of carbonyl (C=O) groups is 2. The summed E-state index contributed by atoms with van der Waals surface area (Å²) in [6.45, 7) is 3.17. The van der Waals surface area contributed by atoms with Gasteiger partial charge in [-0.05, 0) is 66.0 Å². The monoisotopic (exact) mass is 455 g/mol. The third-order valence-electron chi connectivity index (χ3n) is 5.13. The Kier molecular flexibility index (Phi) is 7.83. The van der Waals surface area contributed by atoms with E-state index in [1.165, 1.54) is 0 Å². The number of nitrogens with zero attached hydrogens (tertiary/aromatic N) is 2. The first-order valence-electron chi connectivity index (χ1n) is 10.4. The minimum atomic E-state index is -0.416. The molecule has 9 heteroatoms. The summed E-state index contributed by atoms with van der Waals surface area (Å²) in [5.41, 5.74) is 2.89. The molecule has 8 nitrogen and oxygen atoms in total. The predicted molar refractivity (Wildman–Crippen MR) is 126 cm³/mol. The van der Waals surface area contributed by atoms with Gasteiger partial charge in [0.25, 0.3) is 0 Å². The molecule has 3 N–H and O–H groups in total. The summed E-state index contributed by atoms with van der Waals surface area (Å²) in [6.07, 6.45) is 7.04. The normalized spacial score (nSPS) is 12.5. The van der Waals surface area contributed by atoms with Crippen LogP contribution in [0.4, 0.5) is 15.4 Å². The van der Waals surface area contributed by atoms with Crippen molar-refractivity contribution in [2.24, 2.45) is 5.92 Å². The molecule has 2 aromatic heterocycles. The second-order valence-corrected chi connectivity index (χ2v) is 7.50. The molecule has 1 saturated carbocycles. The number of hydrogen-bond acceptors (Lipinski definition) is 5. The van der Waals surface area contributed by atoms with E-state index < -0.39 is 6.09 Å². The van der Waals surface area contributed by atoms with E-state index in [0.29, 0.717) is 31.4 Å². The summed E-state index contributed by atoms with van der Waals surface area (Å²) >= 11 is 0. The van der Waals surface area contributed by atoms with Gasteiger partial charge in [0.2, 0.25) is 0 Å². The smallest absolute Gasteiger partial charge is 0.407 e. The zero-order valence-electron chi connectivity index (χ0n) is 17.8. The molecule has 1 fully saturated rings. The number of pyridine rings is 2. The SMILES string of the molecule is CCNC(=O)Nc1cc2c(-c3ccncc3)ccc(CNC(=O)OCC3CC3)c2cn1.Cl. The standard InChI is InChI=1S/C23H25N5O3.ClH/c1-2-25-22(29)28-21-11-19-18(16-7-9-24-10-8-16)6-5-17(20(19)13-26-21)12-27-23(30)31-14-15-3-4-15;/h5-11,13,15H,2-4,12,14H2,1H3,(H,27,30)(H2,25,26,28,29);1H. The van der Waals surface area contributed by atoms with Crippen molar-refractivity contribution in [2.75, 3.05) is 18.5 Å². The number of aromatic nitrogens is 2. The molecule has 1 aromatic carbocycles. The molecule has 0 bridgehead atoms. The lowest BCUT2D eigenvalue weighted by Crippen LogP contribution is -2.28. The second-order valence-electron chi connectivity index (χ2n) is 7.50.